The molecule has 3 nitrogen and oxygen atoms in total. The summed E-state index contributed by atoms with van der Waals surface area (Å²) in [6.45, 7) is 0. The Balaban J connectivity index is 2.81. The first kappa shape index (κ1) is 12.6. The van der Waals surface area contributed by atoms with E-state index in [4.69, 9.17) is 23.2 Å². The minimum absolute atomic E-state index is 0.119. The van der Waals surface area contributed by atoms with Crippen LogP contribution >= 0.6 is 23.2 Å². The van der Waals surface area contributed by atoms with Crippen molar-refractivity contribution in [1.29, 1.82) is 0 Å². The molecule has 0 saturated heterocycles. The van der Waals surface area contributed by atoms with Gasteiger partial charge >= 0.3 is 0 Å². The van der Waals surface area contributed by atoms with Crippen LogP contribution in [-0.4, -0.2) is 27.3 Å². The SMILES string of the molecule is Oc1cc(C(O)C(O)CCCl)ccc1Cl. The predicted molar refractivity (Wildman–Crippen MR) is 59.4 cm³/mol. The number of phenols is 1. The third-order valence-electron chi connectivity index (χ3n) is 2.08. The maximum atomic E-state index is 9.67. The predicted octanol–water partition coefficient (Wildman–Crippen LogP) is 2.07. The van der Waals surface area contributed by atoms with Crippen molar-refractivity contribution in [2.75, 3.05) is 5.88 Å². The summed E-state index contributed by atoms with van der Waals surface area (Å²) in [4.78, 5) is 0. The van der Waals surface area contributed by atoms with Gasteiger partial charge in [-0.25, -0.2) is 0 Å². The Labute approximate surface area is 97.9 Å². The van der Waals surface area contributed by atoms with Gasteiger partial charge in [0.1, 0.15) is 11.9 Å². The van der Waals surface area contributed by atoms with E-state index < -0.39 is 12.2 Å². The van der Waals surface area contributed by atoms with Gasteiger partial charge in [-0.05, 0) is 24.1 Å². The minimum Gasteiger partial charge on any atom is -0.506 e. The lowest BCUT2D eigenvalue weighted by Gasteiger charge is -2.17. The van der Waals surface area contributed by atoms with E-state index in [1.54, 1.807) is 6.07 Å². The minimum atomic E-state index is -1.06. The molecule has 84 valence electrons. The summed E-state index contributed by atoms with van der Waals surface area (Å²) in [5.74, 6) is 0.143. The molecule has 1 rings (SSSR count). The van der Waals surface area contributed by atoms with Gasteiger partial charge in [0.25, 0.3) is 0 Å². The van der Waals surface area contributed by atoms with Gasteiger partial charge in [0.15, 0.2) is 0 Å². The Morgan fingerprint density at radius 2 is 1.93 bits per heavy atom. The van der Waals surface area contributed by atoms with Crippen LogP contribution in [0.4, 0.5) is 0 Å². The zero-order chi connectivity index (χ0) is 11.4. The summed E-state index contributed by atoms with van der Waals surface area (Å²) in [6, 6.07) is 4.33. The molecule has 1 aromatic carbocycles. The van der Waals surface area contributed by atoms with Crippen LogP contribution in [0.2, 0.25) is 5.02 Å². The number of alkyl halides is 1. The lowest BCUT2D eigenvalue weighted by Crippen LogP contribution is -2.18. The van der Waals surface area contributed by atoms with E-state index in [0.29, 0.717) is 5.56 Å². The summed E-state index contributed by atoms with van der Waals surface area (Å²) in [5, 5.41) is 28.7. The Morgan fingerprint density at radius 3 is 2.47 bits per heavy atom. The van der Waals surface area contributed by atoms with E-state index in [-0.39, 0.29) is 23.1 Å². The van der Waals surface area contributed by atoms with Crippen molar-refractivity contribution >= 4 is 23.2 Å². The zero-order valence-electron chi connectivity index (χ0n) is 7.90. The number of aromatic hydroxyl groups is 1. The van der Waals surface area contributed by atoms with Gasteiger partial charge < -0.3 is 15.3 Å². The molecule has 0 radical (unpaired) electrons. The maximum absolute atomic E-state index is 9.67. The molecule has 0 amide bonds. The number of hydrogen-bond donors (Lipinski definition) is 3. The first-order valence-corrected chi connectivity index (χ1v) is 5.38. The van der Waals surface area contributed by atoms with Crippen LogP contribution in [-0.2, 0) is 0 Å². The van der Waals surface area contributed by atoms with Crippen LogP contribution in [0.15, 0.2) is 18.2 Å². The first-order chi connectivity index (χ1) is 7.06. The molecule has 1 aromatic rings. The normalized spacial score (nSPS) is 14.9. The molecular weight excluding hydrogens is 239 g/mol. The van der Waals surface area contributed by atoms with E-state index >= 15 is 0 Å². The molecule has 0 bridgehead atoms. The number of hydrogen-bond acceptors (Lipinski definition) is 3. The van der Waals surface area contributed by atoms with Gasteiger partial charge in [0.2, 0.25) is 0 Å². The number of benzene rings is 1. The van der Waals surface area contributed by atoms with Crippen LogP contribution in [0.3, 0.4) is 0 Å². The number of aliphatic hydroxyl groups is 2. The largest absolute Gasteiger partial charge is 0.506 e. The quantitative estimate of drug-likeness (QED) is 0.718. The van der Waals surface area contributed by atoms with Gasteiger partial charge in [-0.3, -0.25) is 0 Å². The zero-order valence-corrected chi connectivity index (χ0v) is 9.41. The number of halogens is 2. The fourth-order valence-corrected chi connectivity index (χ4v) is 1.55. The van der Waals surface area contributed by atoms with Crippen LogP contribution in [0, 0.1) is 0 Å². The van der Waals surface area contributed by atoms with Crippen molar-refractivity contribution in [3.63, 3.8) is 0 Å². The van der Waals surface area contributed by atoms with Gasteiger partial charge in [-0.1, -0.05) is 17.7 Å². The second kappa shape index (κ2) is 5.56. The van der Waals surface area contributed by atoms with Crippen molar-refractivity contribution in [2.45, 2.75) is 18.6 Å². The van der Waals surface area contributed by atoms with Gasteiger partial charge in [-0.15, -0.1) is 11.6 Å². The average Bonchev–Trinajstić information content (AvgIpc) is 2.21. The van der Waals surface area contributed by atoms with Crippen molar-refractivity contribution in [3.05, 3.63) is 28.8 Å². The monoisotopic (exact) mass is 250 g/mol. The topological polar surface area (TPSA) is 60.7 Å². The van der Waals surface area contributed by atoms with E-state index in [2.05, 4.69) is 0 Å². The van der Waals surface area contributed by atoms with E-state index in [9.17, 15) is 15.3 Å². The summed E-state index contributed by atoms with van der Waals surface area (Å²) >= 11 is 11.1. The van der Waals surface area contributed by atoms with Gasteiger partial charge in [0, 0.05) is 5.88 Å². The molecule has 3 N–H and O–H groups in total. The number of phenolic OH excluding ortho intramolecular Hbond substituents is 1. The second-order valence-corrected chi connectivity index (χ2v) is 3.99. The molecule has 5 heteroatoms. The highest BCUT2D eigenvalue weighted by atomic mass is 35.5. The fourth-order valence-electron chi connectivity index (χ4n) is 1.21. The highest BCUT2D eigenvalue weighted by molar-refractivity contribution is 6.32. The van der Waals surface area contributed by atoms with Crippen molar-refractivity contribution in [1.82, 2.24) is 0 Å². The van der Waals surface area contributed by atoms with Crippen LogP contribution in [0.5, 0.6) is 5.75 Å². The summed E-state index contributed by atoms with van der Waals surface area (Å²) < 4.78 is 0. The van der Waals surface area contributed by atoms with E-state index in [1.807, 2.05) is 0 Å². The number of aliphatic hydroxyl groups excluding tert-OH is 2. The standard InChI is InChI=1S/C10H12Cl2O3/c11-4-3-8(13)10(15)6-1-2-7(12)9(14)5-6/h1-2,5,8,10,13-15H,3-4H2. The molecule has 0 fully saturated rings. The molecule has 0 aliphatic carbocycles. The summed E-state index contributed by atoms with van der Waals surface area (Å²) in [5.41, 5.74) is 0.412. The second-order valence-electron chi connectivity index (χ2n) is 3.20. The summed E-state index contributed by atoms with van der Waals surface area (Å²) in [6.07, 6.45) is -1.72. The lowest BCUT2D eigenvalue weighted by atomic mass is 10.0. The Kier molecular flexibility index (Phi) is 4.67. The molecule has 15 heavy (non-hydrogen) atoms. The third kappa shape index (κ3) is 3.24. The molecule has 2 atom stereocenters. The smallest absolute Gasteiger partial charge is 0.134 e. The average molecular weight is 251 g/mol. The maximum Gasteiger partial charge on any atom is 0.134 e. The van der Waals surface area contributed by atoms with Crippen LogP contribution < -0.4 is 0 Å². The van der Waals surface area contributed by atoms with Gasteiger partial charge in [0.05, 0.1) is 11.1 Å². The Morgan fingerprint density at radius 1 is 1.27 bits per heavy atom. The van der Waals surface area contributed by atoms with Crippen LogP contribution in [0.25, 0.3) is 0 Å². The molecule has 0 aliphatic rings. The van der Waals surface area contributed by atoms with Crippen molar-refractivity contribution < 1.29 is 15.3 Å². The van der Waals surface area contributed by atoms with E-state index in [1.165, 1.54) is 12.1 Å². The molecule has 0 heterocycles. The lowest BCUT2D eigenvalue weighted by molar-refractivity contribution is 0.0169. The van der Waals surface area contributed by atoms with Crippen LogP contribution in [0.1, 0.15) is 18.1 Å². The van der Waals surface area contributed by atoms with Crippen molar-refractivity contribution in [2.24, 2.45) is 0 Å². The first-order valence-electron chi connectivity index (χ1n) is 4.46. The molecule has 0 aromatic heterocycles. The Hall–Kier alpha value is -0.480. The fraction of sp³-hybridized carbons (Fsp3) is 0.400. The summed E-state index contributed by atoms with van der Waals surface area (Å²) in [7, 11) is 0. The highest BCUT2D eigenvalue weighted by Crippen LogP contribution is 2.28. The third-order valence-corrected chi connectivity index (χ3v) is 2.62. The Bertz CT molecular complexity index is 330. The highest BCUT2D eigenvalue weighted by Gasteiger charge is 2.18. The van der Waals surface area contributed by atoms with Gasteiger partial charge in [-0.2, -0.15) is 0 Å². The molecular formula is C10H12Cl2O3. The molecule has 0 spiro atoms. The molecule has 2 unspecified atom stereocenters. The molecule has 0 saturated carbocycles. The van der Waals surface area contributed by atoms with Crippen molar-refractivity contribution in [3.8, 4) is 5.75 Å². The number of rotatable bonds is 4. The van der Waals surface area contributed by atoms with E-state index in [0.717, 1.165) is 0 Å². The molecule has 0 aliphatic heterocycles.